The number of ether oxygens (including phenoxy) is 2. The van der Waals surface area contributed by atoms with Crippen molar-refractivity contribution in [2.45, 2.75) is 18.9 Å². The number of aromatic nitrogens is 1. The number of hydrogen-bond donors (Lipinski definition) is 2. The van der Waals surface area contributed by atoms with E-state index in [1.165, 1.54) is 0 Å². The average Bonchev–Trinajstić information content (AvgIpc) is 2.92. The molecular formula is C12H13N3O4. The Labute approximate surface area is 109 Å². The van der Waals surface area contributed by atoms with Gasteiger partial charge in [-0.1, -0.05) is 0 Å². The highest BCUT2D eigenvalue weighted by Crippen LogP contribution is 2.27. The first-order valence-electron chi connectivity index (χ1n) is 6.08. The molecule has 2 aliphatic rings. The average molecular weight is 263 g/mol. The molecule has 0 bridgehead atoms. The molecule has 0 radical (unpaired) electrons. The maximum absolute atomic E-state index is 11.9. The molecule has 0 spiro atoms. The Morgan fingerprint density at radius 3 is 3.16 bits per heavy atom. The molecule has 19 heavy (non-hydrogen) atoms. The minimum Gasteiger partial charge on any atom is -0.480 e. The van der Waals surface area contributed by atoms with Crippen LogP contribution in [0.5, 0.6) is 5.75 Å². The van der Waals surface area contributed by atoms with Gasteiger partial charge < -0.3 is 20.1 Å². The van der Waals surface area contributed by atoms with Gasteiger partial charge in [0.15, 0.2) is 18.2 Å². The number of anilines is 2. The Morgan fingerprint density at radius 1 is 1.47 bits per heavy atom. The van der Waals surface area contributed by atoms with Gasteiger partial charge in [0.25, 0.3) is 11.8 Å². The molecule has 100 valence electrons. The fourth-order valence-electron chi connectivity index (χ4n) is 2.02. The lowest BCUT2D eigenvalue weighted by atomic mass is 10.2. The molecule has 0 saturated carbocycles. The van der Waals surface area contributed by atoms with Crippen LogP contribution >= 0.6 is 0 Å². The minimum atomic E-state index is -0.413. The highest BCUT2D eigenvalue weighted by Gasteiger charge is 2.24. The van der Waals surface area contributed by atoms with Crippen molar-refractivity contribution >= 4 is 23.5 Å². The number of amides is 2. The summed E-state index contributed by atoms with van der Waals surface area (Å²) in [6.45, 7) is 0.593. The molecule has 7 heteroatoms. The molecular weight excluding hydrogens is 250 g/mol. The van der Waals surface area contributed by atoms with Gasteiger partial charge in [-0.15, -0.1) is 0 Å². The van der Waals surface area contributed by atoms with Crippen LogP contribution in [-0.2, 0) is 14.3 Å². The van der Waals surface area contributed by atoms with Crippen molar-refractivity contribution in [3.63, 3.8) is 0 Å². The summed E-state index contributed by atoms with van der Waals surface area (Å²) < 4.78 is 10.5. The first kappa shape index (κ1) is 11.9. The van der Waals surface area contributed by atoms with Crippen LogP contribution in [0.25, 0.3) is 0 Å². The number of nitrogens with one attached hydrogen (secondary N) is 2. The molecule has 1 fully saturated rings. The Balaban J connectivity index is 1.73. The molecule has 2 amide bonds. The molecule has 1 atom stereocenters. The predicted molar refractivity (Wildman–Crippen MR) is 66.0 cm³/mol. The first-order valence-corrected chi connectivity index (χ1v) is 6.08. The minimum absolute atomic E-state index is 0.0176. The lowest BCUT2D eigenvalue weighted by Gasteiger charge is -2.17. The second kappa shape index (κ2) is 4.85. The zero-order valence-corrected chi connectivity index (χ0v) is 10.1. The fraction of sp³-hybridized carbons (Fsp3) is 0.417. The fourth-order valence-corrected chi connectivity index (χ4v) is 2.02. The Morgan fingerprint density at radius 2 is 2.37 bits per heavy atom. The van der Waals surface area contributed by atoms with Crippen molar-refractivity contribution < 1.29 is 19.1 Å². The highest BCUT2D eigenvalue weighted by atomic mass is 16.5. The van der Waals surface area contributed by atoms with Crippen LogP contribution in [-0.4, -0.2) is 36.1 Å². The summed E-state index contributed by atoms with van der Waals surface area (Å²) in [5.41, 5.74) is 0. The third-order valence-corrected chi connectivity index (χ3v) is 2.95. The third kappa shape index (κ3) is 2.50. The van der Waals surface area contributed by atoms with Crippen LogP contribution in [0.3, 0.4) is 0 Å². The lowest BCUT2D eigenvalue weighted by molar-refractivity contribution is -0.124. The van der Waals surface area contributed by atoms with Crippen molar-refractivity contribution in [1.82, 2.24) is 4.98 Å². The summed E-state index contributed by atoms with van der Waals surface area (Å²) in [7, 11) is 0. The molecule has 3 heterocycles. The highest BCUT2D eigenvalue weighted by molar-refractivity contribution is 5.96. The van der Waals surface area contributed by atoms with Gasteiger partial charge in [0.1, 0.15) is 11.9 Å². The first-order chi connectivity index (χ1) is 9.22. The lowest BCUT2D eigenvalue weighted by Crippen LogP contribution is -2.29. The summed E-state index contributed by atoms with van der Waals surface area (Å²) in [5, 5.41) is 5.25. The Bertz CT molecular complexity index is 526. The van der Waals surface area contributed by atoms with E-state index in [4.69, 9.17) is 9.47 Å². The van der Waals surface area contributed by atoms with E-state index in [-0.39, 0.29) is 18.4 Å². The van der Waals surface area contributed by atoms with E-state index in [1.807, 2.05) is 0 Å². The van der Waals surface area contributed by atoms with Gasteiger partial charge in [-0.25, -0.2) is 4.98 Å². The molecule has 1 saturated heterocycles. The molecule has 0 aliphatic carbocycles. The van der Waals surface area contributed by atoms with Gasteiger partial charge in [-0.05, 0) is 25.0 Å². The second-order valence-corrected chi connectivity index (χ2v) is 4.37. The van der Waals surface area contributed by atoms with E-state index < -0.39 is 6.10 Å². The van der Waals surface area contributed by atoms with Gasteiger partial charge in [0.05, 0.1) is 0 Å². The smallest absolute Gasteiger partial charge is 0.263 e. The Hall–Kier alpha value is -2.15. The van der Waals surface area contributed by atoms with Crippen LogP contribution in [0.15, 0.2) is 12.1 Å². The number of rotatable bonds is 2. The SMILES string of the molecule is O=C1COc2ccc(NC(=O)C3CCCO3)nc2N1. The number of carbonyl (C=O) groups is 2. The molecule has 7 nitrogen and oxygen atoms in total. The van der Waals surface area contributed by atoms with Gasteiger partial charge in [-0.3, -0.25) is 9.59 Å². The van der Waals surface area contributed by atoms with Crippen molar-refractivity contribution in [3.05, 3.63) is 12.1 Å². The van der Waals surface area contributed by atoms with E-state index >= 15 is 0 Å². The molecule has 1 unspecified atom stereocenters. The van der Waals surface area contributed by atoms with E-state index in [0.717, 1.165) is 12.8 Å². The molecule has 1 aromatic rings. The van der Waals surface area contributed by atoms with Crippen molar-refractivity contribution in [1.29, 1.82) is 0 Å². The number of hydrogen-bond acceptors (Lipinski definition) is 5. The van der Waals surface area contributed by atoms with Gasteiger partial charge >= 0.3 is 0 Å². The predicted octanol–water partition coefficient (Wildman–Crippen LogP) is 0.530. The maximum atomic E-state index is 11.9. The summed E-state index contributed by atoms with van der Waals surface area (Å²) in [5.74, 6) is 0.705. The van der Waals surface area contributed by atoms with E-state index in [0.29, 0.717) is 24.0 Å². The van der Waals surface area contributed by atoms with Gasteiger partial charge in [-0.2, -0.15) is 0 Å². The zero-order valence-electron chi connectivity index (χ0n) is 10.1. The summed E-state index contributed by atoms with van der Waals surface area (Å²) in [4.78, 5) is 27.2. The van der Waals surface area contributed by atoms with E-state index in [1.54, 1.807) is 12.1 Å². The van der Waals surface area contributed by atoms with E-state index in [9.17, 15) is 9.59 Å². The van der Waals surface area contributed by atoms with Crippen molar-refractivity contribution in [3.8, 4) is 5.75 Å². The Kier molecular flexibility index (Phi) is 3.04. The van der Waals surface area contributed by atoms with Crippen LogP contribution in [0, 0.1) is 0 Å². The normalized spacial score (nSPS) is 21.3. The number of nitrogens with zero attached hydrogens (tertiary/aromatic N) is 1. The van der Waals surface area contributed by atoms with Crippen LogP contribution in [0.2, 0.25) is 0 Å². The number of pyridine rings is 1. The molecule has 2 N–H and O–H groups in total. The molecule has 0 aromatic carbocycles. The van der Waals surface area contributed by atoms with Crippen LogP contribution < -0.4 is 15.4 Å². The largest absolute Gasteiger partial charge is 0.480 e. The second-order valence-electron chi connectivity index (χ2n) is 4.37. The number of fused-ring (bicyclic) bond motifs is 1. The van der Waals surface area contributed by atoms with Crippen LogP contribution in [0.4, 0.5) is 11.6 Å². The molecule has 2 aliphatic heterocycles. The third-order valence-electron chi connectivity index (χ3n) is 2.95. The maximum Gasteiger partial charge on any atom is 0.263 e. The zero-order chi connectivity index (χ0) is 13.2. The standard InChI is InChI=1S/C12H13N3O4/c16-10-6-19-7-3-4-9(13-11(7)15-10)14-12(17)8-2-1-5-18-8/h3-4,8H,1-2,5-6H2,(H2,13,14,15,16,17). The van der Waals surface area contributed by atoms with Gasteiger partial charge in [0.2, 0.25) is 0 Å². The monoisotopic (exact) mass is 263 g/mol. The summed E-state index contributed by atoms with van der Waals surface area (Å²) in [6, 6.07) is 3.29. The van der Waals surface area contributed by atoms with E-state index in [2.05, 4.69) is 15.6 Å². The molecule has 3 rings (SSSR count). The quantitative estimate of drug-likeness (QED) is 0.812. The molecule has 1 aromatic heterocycles. The van der Waals surface area contributed by atoms with Gasteiger partial charge in [0, 0.05) is 6.61 Å². The topological polar surface area (TPSA) is 89.5 Å². The summed E-state index contributed by atoms with van der Waals surface area (Å²) in [6.07, 6.45) is 1.19. The van der Waals surface area contributed by atoms with Crippen molar-refractivity contribution in [2.24, 2.45) is 0 Å². The summed E-state index contributed by atoms with van der Waals surface area (Å²) >= 11 is 0. The van der Waals surface area contributed by atoms with Crippen molar-refractivity contribution in [2.75, 3.05) is 23.8 Å². The number of carbonyl (C=O) groups excluding carboxylic acids is 2. The van der Waals surface area contributed by atoms with Crippen LogP contribution in [0.1, 0.15) is 12.8 Å².